The number of carbonyl (C=O) groups is 1. The first kappa shape index (κ1) is 18.9. The van der Waals surface area contributed by atoms with Crippen molar-refractivity contribution in [3.8, 4) is 0 Å². The summed E-state index contributed by atoms with van der Waals surface area (Å²) in [6.07, 6.45) is 5.75. The van der Waals surface area contributed by atoms with E-state index in [1.54, 1.807) is 0 Å². The van der Waals surface area contributed by atoms with Crippen LogP contribution in [0.4, 0.5) is 0 Å². The molecule has 1 aromatic carbocycles. The highest BCUT2D eigenvalue weighted by atomic mass is 32.2. The molecule has 0 aliphatic carbocycles. The minimum absolute atomic E-state index is 0.0484. The predicted molar refractivity (Wildman–Crippen MR) is 105 cm³/mol. The summed E-state index contributed by atoms with van der Waals surface area (Å²) in [5, 5.41) is 0. The van der Waals surface area contributed by atoms with Gasteiger partial charge in [-0.05, 0) is 44.2 Å². The first-order valence-corrected chi connectivity index (χ1v) is 11.9. The van der Waals surface area contributed by atoms with Crippen LogP contribution in [0.3, 0.4) is 0 Å². The molecule has 27 heavy (non-hydrogen) atoms. The highest BCUT2D eigenvalue weighted by Crippen LogP contribution is 2.45. The Morgan fingerprint density at radius 3 is 2.44 bits per heavy atom. The Labute approximate surface area is 162 Å². The molecule has 3 heterocycles. The molecule has 0 unspecified atom stereocenters. The Bertz CT molecular complexity index is 775. The van der Waals surface area contributed by atoms with E-state index in [0.29, 0.717) is 38.0 Å². The number of hydrogen-bond acceptors (Lipinski definition) is 4. The smallest absolute Gasteiger partial charge is 0.227 e. The fraction of sp³-hybridized carbons (Fsp3) is 0.650. The van der Waals surface area contributed by atoms with E-state index in [2.05, 4.69) is 33.9 Å². The van der Waals surface area contributed by atoms with Crippen molar-refractivity contribution in [3.05, 3.63) is 35.9 Å². The molecule has 0 saturated carbocycles. The van der Waals surface area contributed by atoms with Crippen molar-refractivity contribution in [2.75, 3.05) is 25.9 Å². The highest BCUT2D eigenvalue weighted by molar-refractivity contribution is 7.88. The lowest BCUT2D eigenvalue weighted by atomic mass is 9.92. The number of nitrogens with one attached hydrogen (secondary N) is 1. The zero-order chi connectivity index (χ0) is 19.0. The summed E-state index contributed by atoms with van der Waals surface area (Å²) in [6.45, 7) is 2.37. The van der Waals surface area contributed by atoms with E-state index in [1.807, 2.05) is 11.0 Å². The van der Waals surface area contributed by atoms with E-state index >= 15 is 0 Å². The van der Waals surface area contributed by atoms with Crippen LogP contribution in [0.5, 0.6) is 0 Å². The Morgan fingerprint density at radius 1 is 1.07 bits per heavy atom. The van der Waals surface area contributed by atoms with Crippen LogP contribution in [-0.2, 0) is 14.8 Å². The van der Waals surface area contributed by atoms with Gasteiger partial charge >= 0.3 is 0 Å². The number of carbonyl (C=O) groups excluding carboxylic acids is 1. The number of piperidine rings is 1. The van der Waals surface area contributed by atoms with Crippen molar-refractivity contribution >= 4 is 15.9 Å². The normalized spacial score (nSPS) is 29.8. The van der Waals surface area contributed by atoms with Gasteiger partial charge in [0.05, 0.1) is 12.2 Å². The van der Waals surface area contributed by atoms with E-state index in [1.165, 1.54) is 11.8 Å². The molecular weight excluding hydrogens is 362 g/mol. The minimum atomic E-state index is -3.19. The van der Waals surface area contributed by atoms with E-state index < -0.39 is 10.0 Å². The van der Waals surface area contributed by atoms with Gasteiger partial charge in [0.15, 0.2) is 0 Å². The van der Waals surface area contributed by atoms with E-state index in [4.69, 9.17) is 0 Å². The number of nitrogens with zero attached hydrogens (tertiary/aromatic N) is 2. The monoisotopic (exact) mass is 391 g/mol. The van der Waals surface area contributed by atoms with Gasteiger partial charge in [0.2, 0.25) is 15.9 Å². The zero-order valence-electron chi connectivity index (χ0n) is 15.9. The van der Waals surface area contributed by atoms with Crippen LogP contribution in [0.2, 0.25) is 0 Å². The number of amides is 1. The van der Waals surface area contributed by atoms with Crippen molar-refractivity contribution in [2.24, 2.45) is 5.92 Å². The molecule has 0 radical (unpaired) electrons. The Hall–Kier alpha value is -1.44. The van der Waals surface area contributed by atoms with Gasteiger partial charge in [-0.3, -0.25) is 9.69 Å². The van der Waals surface area contributed by atoms with Gasteiger partial charge in [0.1, 0.15) is 0 Å². The number of benzene rings is 1. The molecule has 3 aliphatic heterocycles. The number of likely N-dealkylation sites (tertiary alicyclic amines) is 1. The Morgan fingerprint density at radius 2 is 1.78 bits per heavy atom. The third-order valence-electron chi connectivity index (χ3n) is 6.37. The summed E-state index contributed by atoms with van der Waals surface area (Å²) in [6, 6.07) is 11.2. The van der Waals surface area contributed by atoms with E-state index in [-0.39, 0.29) is 17.9 Å². The second-order valence-electron chi connectivity index (χ2n) is 8.21. The molecule has 6 nitrogen and oxygen atoms in total. The summed E-state index contributed by atoms with van der Waals surface area (Å²) in [7, 11) is -3.19. The third-order valence-corrected chi connectivity index (χ3v) is 7.13. The van der Waals surface area contributed by atoms with E-state index in [0.717, 1.165) is 25.8 Å². The second-order valence-corrected chi connectivity index (χ2v) is 9.99. The van der Waals surface area contributed by atoms with Crippen LogP contribution in [0, 0.1) is 5.92 Å². The van der Waals surface area contributed by atoms with Crippen molar-refractivity contribution in [1.82, 2.24) is 14.5 Å². The third kappa shape index (κ3) is 4.05. The molecule has 3 saturated heterocycles. The number of fused-ring (bicyclic) bond motifs is 1. The molecule has 4 rings (SSSR count). The molecule has 148 valence electrons. The minimum Gasteiger partial charge on any atom is -0.342 e. The van der Waals surface area contributed by atoms with Crippen molar-refractivity contribution in [3.63, 3.8) is 0 Å². The lowest BCUT2D eigenvalue weighted by Crippen LogP contribution is -2.49. The molecule has 3 atom stereocenters. The summed E-state index contributed by atoms with van der Waals surface area (Å²) in [5.41, 5.74) is 1.32. The van der Waals surface area contributed by atoms with Crippen molar-refractivity contribution in [1.29, 1.82) is 0 Å². The molecule has 0 aromatic heterocycles. The quantitative estimate of drug-likeness (QED) is 0.849. The number of sulfonamides is 1. The average Bonchev–Trinajstić information content (AvgIpc) is 3.24. The summed E-state index contributed by atoms with van der Waals surface area (Å²) < 4.78 is 25.5. The fourth-order valence-electron chi connectivity index (χ4n) is 5.19. The van der Waals surface area contributed by atoms with Crippen LogP contribution in [0.25, 0.3) is 0 Å². The standard InChI is InChI=1S/C20H29N3O3S/c1-27(25,26)21-16-9-12-22(13-10-16)20(24)17-14-19(15-6-3-2-4-7-15)23-11-5-8-18(17)23/h2-4,6-7,16-19,21H,5,8-14H2,1H3/t17-,18+,19-/m1/s1. The largest absolute Gasteiger partial charge is 0.342 e. The Kier molecular flexibility index (Phi) is 5.27. The topological polar surface area (TPSA) is 69.7 Å². The zero-order valence-corrected chi connectivity index (χ0v) is 16.7. The summed E-state index contributed by atoms with van der Waals surface area (Å²) in [5.74, 6) is 0.334. The summed E-state index contributed by atoms with van der Waals surface area (Å²) >= 11 is 0. The first-order chi connectivity index (χ1) is 12.9. The fourth-order valence-corrected chi connectivity index (χ4v) is 6.03. The molecule has 0 bridgehead atoms. The van der Waals surface area contributed by atoms with Gasteiger partial charge in [-0.1, -0.05) is 30.3 Å². The van der Waals surface area contributed by atoms with Crippen LogP contribution in [0.15, 0.2) is 30.3 Å². The lowest BCUT2D eigenvalue weighted by molar-refractivity contribution is -0.137. The summed E-state index contributed by atoms with van der Waals surface area (Å²) in [4.78, 5) is 17.8. The molecule has 1 N–H and O–H groups in total. The number of rotatable bonds is 4. The molecule has 3 aliphatic rings. The van der Waals surface area contributed by atoms with Gasteiger partial charge in [-0.25, -0.2) is 13.1 Å². The molecule has 1 amide bonds. The van der Waals surface area contributed by atoms with Gasteiger partial charge in [-0.15, -0.1) is 0 Å². The number of hydrogen-bond donors (Lipinski definition) is 1. The van der Waals surface area contributed by atoms with E-state index in [9.17, 15) is 13.2 Å². The second kappa shape index (κ2) is 7.53. The van der Waals surface area contributed by atoms with Crippen LogP contribution in [0.1, 0.15) is 43.7 Å². The van der Waals surface area contributed by atoms with Gasteiger partial charge in [0, 0.05) is 31.2 Å². The van der Waals surface area contributed by atoms with Gasteiger partial charge in [-0.2, -0.15) is 0 Å². The van der Waals surface area contributed by atoms with Gasteiger partial charge < -0.3 is 4.90 Å². The molecule has 0 spiro atoms. The lowest BCUT2D eigenvalue weighted by Gasteiger charge is -2.34. The van der Waals surface area contributed by atoms with Crippen molar-refractivity contribution < 1.29 is 13.2 Å². The maximum Gasteiger partial charge on any atom is 0.227 e. The molecule has 7 heteroatoms. The maximum atomic E-state index is 13.3. The van der Waals surface area contributed by atoms with Crippen LogP contribution >= 0.6 is 0 Å². The molecular formula is C20H29N3O3S. The van der Waals surface area contributed by atoms with Crippen LogP contribution < -0.4 is 4.72 Å². The highest BCUT2D eigenvalue weighted by Gasteiger charge is 2.48. The average molecular weight is 392 g/mol. The predicted octanol–water partition coefficient (Wildman–Crippen LogP) is 1.75. The molecule has 1 aromatic rings. The SMILES string of the molecule is CS(=O)(=O)NC1CCN(C(=O)[C@@H]2C[C@H](c3ccccc3)N3CCC[C@@H]23)CC1. The van der Waals surface area contributed by atoms with Crippen LogP contribution in [-0.4, -0.2) is 62.1 Å². The van der Waals surface area contributed by atoms with Gasteiger partial charge in [0.25, 0.3) is 0 Å². The van der Waals surface area contributed by atoms with Crippen molar-refractivity contribution in [2.45, 2.75) is 50.2 Å². The maximum absolute atomic E-state index is 13.3. The molecule has 3 fully saturated rings. The first-order valence-electron chi connectivity index (χ1n) is 9.99. The Balaban J connectivity index is 1.42.